The average molecular weight is 410 g/mol. The molecule has 1 aromatic carbocycles. The molecule has 0 fully saturated rings. The van der Waals surface area contributed by atoms with Crippen LogP contribution in [-0.2, 0) is 22.7 Å². The molecule has 2 aromatic heterocycles. The van der Waals surface area contributed by atoms with Crippen molar-refractivity contribution in [3.63, 3.8) is 0 Å². The lowest BCUT2D eigenvalue weighted by atomic mass is 10.0. The van der Waals surface area contributed by atoms with Crippen molar-refractivity contribution in [3.8, 4) is 17.4 Å². The van der Waals surface area contributed by atoms with Crippen LogP contribution in [-0.4, -0.2) is 44.0 Å². The number of Topliss-reactive ketones (excluding diaryl/α,β-unsaturated/α-hetero) is 1. The van der Waals surface area contributed by atoms with Crippen LogP contribution < -0.4 is 10.5 Å². The Morgan fingerprint density at radius 3 is 2.67 bits per heavy atom. The summed E-state index contributed by atoms with van der Waals surface area (Å²) in [4.78, 5) is 12.0. The molecule has 0 spiro atoms. The lowest BCUT2D eigenvalue weighted by Crippen LogP contribution is -2.17. The Morgan fingerprint density at radius 1 is 1.17 bits per heavy atom. The topological polar surface area (TPSA) is 118 Å². The summed E-state index contributed by atoms with van der Waals surface area (Å²) < 4.78 is 26.0. The van der Waals surface area contributed by atoms with E-state index in [1.807, 2.05) is 4.57 Å². The Kier molecular flexibility index (Phi) is 5.48. The van der Waals surface area contributed by atoms with Crippen molar-refractivity contribution < 1.29 is 18.7 Å². The second kappa shape index (κ2) is 8.37. The van der Waals surface area contributed by atoms with Gasteiger partial charge in [-0.05, 0) is 42.8 Å². The molecule has 10 heteroatoms. The van der Waals surface area contributed by atoms with Gasteiger partial charge >= 0.3 is 0 Å². The zero-order chi connectivity index (χ0) is 21.1. The Balaban J connectivity index is 1.50. The van der Waals surface area contributed by atoms with Crippen molar-refractivity contribution in [1.29, 1.82) is 0 Å². The van der Waals surface area contributed by atoms with Crippen LogP contribution >= 0.6 is 0 Å². The Labute approximate surface area is 171 Å². The molecule has 0 bridgehead atoms. The minimum atomic E-state index is -0.385. The fourth-order valence-corrected chi connectivity index (χ4v) is 3.02. The normalized spacial score (nSPS) is 14.1. The number of aromatic nitrogens is 5. The van der Waals surface area contributed by atoms with Gasteiger partial charge in [-0.25, -0.2) is 4.39 Å². The van der Waals surface area contributed by atoms with Crippen LogP contribution in [0.15, 0.2) is 42.0 Å². The van der Waals surface area contributed by atoms with E-state index in [4.69, 9.17) is 15.2 Å². The molecule has 0 aliphatic carbocycles. The molecule has 0 atom stereocenters. The van der Waals surface area contributed by atoms with Gasteiger partial charge in [0.25, 0.3) is 0 Å². The van der Waals surface area contributed by atoms with Crippen LogP contribution in [0, 0.1) is 5.82 Å². The van der Waals surface area contributed by atoms with Crippen LogP contribution in [0.1, 0.15) is 18.3 Å². The van der Waals surface area contributed by atoms with Gasteiger partial charge in [0.1, 0.15) is 24.7 Å². The number of ketones is 1. The first-order valence-corrected chi connectivity index (χ1v) is 9.25. The van der Waals surface area contributed by atoms with Gasteiger partial charge in [0.2, 0.25) is 5.88 Å². The van der Waals surface area contributed by atoms with Crippen LogP contribution in [0.2, 0.25) is 0 Å². The predicted octanol–water partition coefficient (Wildman–Crippen LogP) is 1.74. The van der Waals surface area contributed by atoms with E-state index in [0.29, 0.717) is 36.8 Å². The predicted molar refractivity (Wildman–Crippen MR) is 104 cm³/mol. The molecule has 1 aliphatic rings. The maximum absolute atomic E-state index is 13.1. The van der Waals surface area contributed by atoms with Gasteiger partial charge in [-0.1, -0.05) is 0 Å². The molecule has 3 aromatic rings. The van der Waals surface area contributed by atoms with Crippen LogP contribution in [0.3, 0.4) is 0 Å². The Bertz CT molecular complexity index is 1090. The maximum atomic E-state index is 13.1. The fraction of sp³-hybridized carbons (Fsp3) is 0.250. The Morgan fingerprint density at radius 2 is 1.97 bits per heavy atom. The highest BCUT2D eigenvalue weighted by atomic mass is 19.1. The SMILES string of the molecule is CC(=O)/C(COc1ccc(-c2nnc3n2CCOC3)nn1)=C(\N)c1ccc(F)cc1. The van der Waals surface area contributed by atoms with Gasteiger partial charge in [-0.15, -0.1) is 20.4 Å². The zero-order valence-electron chi connectivity index (χ0n) is 16.2. The van der Waals surface area contributed by atoms with E-state index in [1.54, 1.807) is 12.1 Å². The number of ether oxygens (including phenoxy) is 2. The summed E-state index contributed by atoms with van der Waals surface area (Å²) in [5, 5.41) is 16.4. The number of carbonyl (C=O) groups excluding carboxylic acids is 1. The average Bonchev–Trinajstić information content (AvgIpc) is 3.19. The van der Waals surface area contributed by atoms with Gasteiger partial charge in [-0.3, -0.25) is 4.79 Å². The molecular weight excluding hydrogens is 391 g/mol. The van der Waals surface area contributed by atoms with Crippen molar-refractivity contribution in [2.45, 2.75) is 20.1 Å². The number of hydrogen-bond donors (Lipinski definition) is 1. The van der Waals surface area contributed by atoms with E-state index in [-0.39, 0.29) is 35.4 Å². The van der Waals surface area contributed by atoms with E-state index < -0.39 is 0 Å². The van der Waals surface area contributed by atoms with Crippen LogP contribution in [0.25, 0.3) is 17.2 Å². The number of nitrogens with two attached hydrogens (primary N) is 1. The van der Waals surface area contributed by atoms with Crippen molar-refractivity contribution in [2.75, 3.05) is 13.2 Å². The molecule has 154 valence electrons. The molecule has 1 aliphatic heterocycles. The highest BCUT2D eigenvalue weighted by molar-refractivity contribution is 6.00. The minimum Gasteiger partial charge on any atom is -0.472 e. The van der Waals surface area contributed by atoms with Crippen molar-refractivity contribution in [3.05, 3.63) is 59.2 Å². The molecular formula is C20H19FN6O3. The highest BCUT2D eigenvalue weighted by Gasteiger charge is 2.19. The highest BCUT2D eigenvalue weighted by Crippen LogP contribution is 2.21. The quantitative estimate of drug-likeness (QED) is 0.611. The van der Waals surface area contributed by atoms with E-state index in [0.717, 1.165) is 5.82 Å². The molecule has 3 heterocycles. The number of hydrogen-bond acceptors (Lipinski definition) is 8. The smallest absolute Gasteiger partial charge is 0.233 e. The van der Waals surface area contributed by atoms with Crippen LogP contribution in [0.5, 0.6) is 5.88 Å². The summed E-state index contributed by atoms with van der Waals surface area (Å²) >= 11 is 0. The lowest BCUT2D eigenvalue weighted by molar-refractivity contribution is -0.113. The summed E-state index contributed by atoms with van der Waals surface area (Å²) in [7, 11) is 0. The first kappa shape index (κ1) is 19.6. The number of fused-ring (bicyclic) bond motifs is 1. The molecule has 9 nitrogen and oxygen atoms in total. The van der Waals surface area contributed by atoms with E-state index >= 15 is 0 Å². The van der Waals surface area contributed by atoms with Gasteiger partial charge in [0.15, 0.2) is 17.4 Å². The van der Waals surface area contributed by atoms with Gasteiger partial charge < -0.3 is 19.8 Å². The minimum absolute atomic E-state index is 0.0930. The number of halogens is 1. The summed E-state index contributed by atoms with van der Waals surface area (Å²) in [5.74, 6) is 0.942. The molecule has 30 heavy (non-hydrogen) atoms. The first-order chi connectivity index (χ1) is 14.5. The number of nitrogens with zero attached hydrogens (tertiary/aromatic N) is 5. The van der Waals surface area contributed by atoms with Crippen molar-refractivity contribution >= 4 is 11.5 Å². The van der Waals surface area contributed by atoms with E-state index in [9.17, 15) is 9.18 Å². The van der Waals surface area contributed by atoms with Crippen LogP contribution in [0.4, 0.5) is 4.39 Å². The standard InChI is InChI=1S/C20H19FN6O3/c1-12(28)15(19(22)13-2-4-14(21)5-3-13)10-30-18-7-6-16(23-25-18)20-26-24-17-11-29-9-8-27(17)20/h2-7H,8-11,22H2,1H3/b19-15-. The summed E-state index contributed by atoms with van der Waals surface area (Å²) in [6, 6.07) is 8.92. The second-order valence-corrected chi connectivity index (χ2v) is 6.64. The third-order valence-corrected chi connectivity index (χ3v) is 4.66. The molecule has 0 unspecified atom stereocenters. The lowest BCUT2D eigenvalue weighted by Gasteiger charge is -2.15. The molecule has 0 radical (unpaired) electrons. The summed E-state index contributed by atoms with van der Waals surface area (Å²) in [6.07, 6.45) is 0. The van der Waals surface area contributed by atoms with Crippen molar-refractivity contribution in [1.82, 2.24) is 25.0 Å². The maximum Gasteiger partial charge on any atom is 0.233 e. The summed E-state index contributed by atoms with van der Waals surface area (Å²) in [6.45, 7) is 2.94. The third-order valence-electron chi connectivity index (χ3n) is 4.66. The summed E-state index contributed by atoms with van der Waals surface area (Å²) in [5.41, 5.74) is 7.68. The Hall–Kier alpha value is -3.66. The monoisotopic (exact) mass is 410 g/mol. The van der Waals surface area contributed by atoms with Crippen molar-refractivity contribution in [2.24, 2.45) is 5.73 Å². The molecule has 2 N–H and O–H groups in total. The van der Waals surface area contributed by atoms with E-state index in [2.05, 4.69) is 20.4 Å². The van der Waals surface area contributed by atoms with E-state index in [1.165, 1.54) is 31.2 Å². The molecule has 0 saturated heterocycles. The molecule has 0 amide bonds. The third kappa shape index (κ3) is 4.03. The molecule has 0 saturated carbocycles. The van der Waals surface area contributed by atoms with Gasteiger partial charge in [0, 0.05) is 18.3 Å². The zero-order valence-corrected chi connectivity index (χ0v) is 16.2. The number of benzene rings is 1. The second-order valence-electron chi connectivity index (χ2n) is 6.64. The largest absolute Gasteiger partial charge is 0.472 e. The first-order valence-electron chi connectivity index (χ1n) is 9.25. The van der Waals surface area contributed by atoms with Gasteiger partial charge in [0.05, 0.1) is 12.2 Å². The molecule has 4 rings (SSSR count). The number of rotatable bonds is 6. The van der Waals surface area contributed by atoms with Gasteiger partial charge in [-0.2, -0.15) is 0 Å². The fourth-order valence-electron chi connectivity index (χ4n) is 3.02. The number of carbonyl (C=O) groups is 1.